The quantitative estimate of drug-likeness (QED) is 0.767. The van der Waals surface area contributed by atoms with Gasteiger partial charge in [0.25, 0.3) is 5.91 Å². The Kier molecular flexibility index (Phi) is 3.97. The van der Waals surface area contributed by atoms with E-state index < -0.39 is 0 Å². The summed E-state index contributed by atoms with van der Waals surface area (Å²) in [7, 11) is 1.66. The number of nitrogens with zero attached hydrogens (tertiary/aromatic N) is 3. The number of rotatable bonds is 3. The van der Waals surface area contributed by atoms with Crippen molar-refractivity contribution in [3.63, 3.8) is 0 Å². The summed E-state index contributed by atoms with van der Waals surface area (Å²) < 4.78 is 7.13. The third-order valence-electron chi connectivity index (χ3n) is 5.32. The number of carbonyl (C=O) groups is 1. The SMILES string of the molecule is COc1cccc(/C=C/c2cc3c(cn2)CCc2c-3nn3c2C(=O)NCC3)c1. The standard InChI is InChI=1S/C22H20N4O2/c1-28-17-4-2-3-14(11-17)5-7-16-12-19-15(13-24-16)6-8-18-20(19)25-26-10-9-23-22(27)21(18)26/h2-5,7,11-13H,6,8-10H2,1H3,(H,23,27)/b7-5+. The summed E-state index contributed by atoms with van der Waals surface area (Å²) in [4.78, 5) is 16.9. The van der Waals surface area contributed by atoms with E-state index in [1.807, 2.05) is 47.3 Å². The van der Waals surface area contributed by atoms with Gasteiger partial charge in [-0.05, 0) is 48.2 Å². The number of nitrogens with one attached hydrogen (secondary N) is 1. The van der Waals surface area contributed by atoms with Crippen LogP contribution in [0.4, 0.5) is 0 Å². The van der Waals surface area contributed by atoms with E-state index in [-0.39, 0.29) is 5.91 Å². The van der Waals surface area contributed by atoms with E-state index in [0.29, 0.717) is 6.54 Å². The Morgan fingerprint density at radius 3 is 3.04 bits per heavy atom. The van der Waals surface area contributed by atoms with Gasteiger partial charge in [-0.3, -0.25) is 14.5 Å². The highest BCUT2D eigenvalue weighted by molar-refractivity contribution is 5.97. The Bertz CT molecular complexity index is 1110. The van der Waals surface area contributed by atoms with Crippen LogP contribution < -0.4 is 10.1 Å². The predicted molar refractivity (Wildman–Crippen MR) is 107 cm³/mol. The van der Waals surface area contributed by atoms with Gasteiger partial charge in [0.2, 0.25) is 0 Å². The normalized spacial score (nSPS) is 15.0. The molecule has 1 aromatic carbocycles. The van der Waals surface area contributed by atoms with Crippen LogP contribution in [-0.4, -0.2) is 34.3 Å². The van der Waals surface area contributed by atoms with Crippen molar-refractivity contribution in [1.29, 1.82) is 0 Å². The van der Waals surface area contributed by atoms with Gasteiger partial charge in [-0.2, -0.15) is 5.10 Å². The second-order valence-corrected chi connectivity index (χ2v) is 7.03. The first-order chi connectivity index (χ1) is 13.7. The molecule has 0 unspecified atom stereocenters. The third kappa shape index (κ3) is 2.78. The number of ether oxygens (including phenoxy) is 1. The molecule has 1 N–H and O–H groups in total. The highest BCUT2D eigenvalue weighted by Crippen LogP contribution is 2.35. The van der Waals surface area contributed by atoms with Gasteiger partial charge < -0.3 is 10.1 Å². The van der Waals surface area contributed by atoms with Crippen LogP contribution in [-0.2, 0) is 19.4 Å². The van der Waals surface area contributed by atoms with Crippen molar-refractivity contribution in [2.75, 3.05) is 13.7 Å². The largest absolute Gasteiger partial charge is 0.497 e. The maximum absolute atomic E-state index is 12.3. The van der Waals surface area contributed by atoms with Crippen LogP contribution in [0.15, 0.2) is 36.5 Å². The number of fused-ring (bicyclic) bond motifs is 5. The van der Waals surface area contributed by atoms with E-state index >= 15 is 0 Å². The summed E-state index contributed by atoms with van der Waals surface area (Å²) >= 11 is 0. The average molecular weight is 372 g/mol. The molecule has 1 aliphatic heterocycles. The van der Waals surface area contributed by atoms with Crippen molar-refractivity contribution in [3.05, 3.63) is 64.6 Å². The molecule has 0 spiro atoms. The maximum Gasteiger partial charge on any atom is 0.269 e. The maximum atomic E-state index is 12.3. The zero-order valence-corrected chi connectivity index (χ0v) is 15.6. The molecule has 2 aromatic heterocycles. The molecule has 0 saturated carbocycles. The lowest BCUT2D eigenvalue weighted by Gasteiger charge is -2.17. The molecule has 2 aliphatic rings. The Labute approximate surface area is 162 Å². The first-order valence-corrected chi connectivity index (χ1v) is 9.42. The van der Waals surface area contributed by atoms with Crippen molar-refractivity contribution in [1.82, 2.24) is 20.1 Å². The van der Waals surface area contributed by atoms with Gasteiger partial charge in [0.1, 0.15) is 11.4 Å². The van der Waals surface area contributed by atoms with Gasteiger partial charge in [-0.1, -0.05) is 18.2 Å². The fraction of sp³-hybridized carbons (Fsp3) is 0.227. The summed E-state index contributed by atoms with van der Waals surface area (Å²) in [6.07, 6.45) is 7.65. The van der Waals surface area contributed by atoms with Gasteiger partial charge in [0.15, 0.2) is 0 Å². The molecule has 5 rings (SSSR count). The number of pyridine rings is 1. The highest BCUT2D eigenvalue weighted by Gasteiger charge is 2.30. The van der Waals surface area contributed by atoms with Crippen LogP contribution in [0.1, 0.15) is 32.9 Å². The number of hydrogen-bond donors (Lipinski definition) is 1. The van der Waals surface area contributed by atoms with Crippen molar-refractivity contribution >= 4 is 18.1 Å². The van der Waals surface area contributed by atoms with Crippen molar-refractivity contribution in [3.8, 4) is 17.0 Å². The van der Waals surface area contributed by atoms with Crippen LogP contribution in [0.5, 0.6) is 5.75 Å². The molecule has 6 nitrogen and oxygen atoms in total. The Hall–Kier alpha value is -3.41. The second-order valence-electron chi connectivity index (χ2n) is 7.03. The third-order valence-corrected chi connectivity index (χ3v) is 5.32. The molecule has 1 amide bonds. The molecule has 140 valence electrons. The van der Waals surface area contributed by atoms with E-state index in [0.717, 1.165) is 58.9 Å². The molecule has 3 aromatic rings. The minimum atomic E-state index is -0.0179. The van der Waals surface area contributed by atoms with E-state index in [2.05, 4.69) is 16.4 Å². The molecule has 3 heterocycles. The molecule has 0 fully saturated rings. The number of methoxy groups -OCH3 is 1. The first kappa shape index (κ1) is 16.7. The number of amides is 1. The lowest BCUT2D eigenvalue weighted by Crippen LogP contribution is -2.36. The molecular weight excluding hydrogens is 352 g/mol. The van der Waals surface area contributed by atoms with Gasteiger partial charge in [0, 0.05) is 23.9 Å². The fourth-order valence-corrected chi connectivity index (χ4v) is 3.92. The van der Waals surface area contributed by atoms with Crippen LogP contribution in [0.25, 0.3) is 23.4 Å². The Balaban J connectivity index is 1.52. The van der Waals surface area contributed by atoms with Crippen LogP contribution in [0, 0.1) is 0 Å². The fourth-order valence-electron chi connectivity index (χ4n) is 3.92. The molecule has 0 saturated heterocycles. The van der Waals surface area contributed by atoms with E-state index in [1.165, 1.54) is 5.56 Å². The summed E-state index contributed by atoms with van der Waals surface area (Å²) in [5, 5.41) is 7.68. The second kappa shape index (κ2) is 6.64. The average Bonchev–Trinajstić information content (AvgIpc) is 3.13. The number of carbonyl (C=O) groups excluding carboxylic acids is 1. The lowest BCUT2D eigenvalue weighted by atomic mass is 9.89. The monoisotopic (exact) mass is 372 g/mol. The van der Waals surface area contributed by atoms with Crippen molar-refractivity contribution in [2.24, 2.45) is 0 Å². The smallest absolute Gasteiger partial charge is 0.269 e. The Morgan fingerprint density at radius 2 is 2.14 bits per heavy atom. The summed E-state index contributed by atoms with van der Waals surface area (Å²) in [5.41, 5.74) is 6.87. The van der Waals surface area contributed by atoms with Gasteiger partial charge >= 0.3 is 0 Å². The number of aromatic nitrogens is 3. The molecular formula is C22H20N4O2. The minimum Gasteiger partial charge on any atom is -0.497 e. The summed E-state index contributed by atoms with van der Waals surface area (Å²) in [5.74, 6) is 0.808. The van der Waals surface area contributed by atoms with Crippen LogP contribution in [0.3, 0.4) is 0 Å². The number of aryl methyl sites for hydroxylation is 1. The highest BCUT2D eigenvalue weighted by atomic mass is 16.5. The molecule has 0 atom stereocenters. The van der Waals surface area contributed by atoms with Crippen molar-refractivity contribution in [2.45, 2.75) is 19.4 Å². The number of benzene rings is 1. The molecule has 0 bridgehead atoms. The molecule has 0 radical (unpaired) electrons. The Morgan fingerprint density at radius 1 is 1.21 bits per heavy atom. The minimum absolute atomic E-state index is 0.0179. The predicted octanol–water partition coefficient (Wildman–Crippen LogP) is 2.97. The number of hydrogen-bond acceptors (Lipinski definition) is 4. The zero-order chi connectivity index (χ0) is 19.1. The van der Waals surface area contributed by atoms with Crippen LogP contribution >= 0.6 is 0 Å². The topological polar surface area (TPSA) is 69.0 Å². The molecule has 28 heavy (non-hydrogen) atoms. The van der Waals surface area contributed by atoms with Crippen molar-refractivity contribution < 1.29 is 9.53 Å². The zero-order valence-electron chi connectivity index (χ0n) is 15.6. The molecule has 6 heteroatoms. The first-order valence-electron chi connectivity index (χ1n) is 9.42. The lowest BCUT2D eigenvalue weighted by molar-refractivity contribution is 0.0923. The van der Waals surface area contributed by atoms with E-state index in [4.69, 9.17) is 9.84 Å². The van der Waals surface area contributed by atoms with Crippen LogP contribution in [0.2, 0.25) is 0 Å². The summed E-state index contributed by atoms with van der Waals surface area (Å²) in [6.45, 7) is 1.35. The van der Waals surface area contributed by atoms with Gasteiger partial charge in [0.05, 0.1) is 25.0 Å². The van der Waals surface area contributed by atoms with E-state index in [9.17, 15) is 4.79 Å². The van der Waals surface area contributed by atoms with E-state index in [1.54, 1.807) is 7.11 Å². The summed E-state index contributed by atoms with van der Waals surface area (Å²) in [6, 6.07) is 9.96. The van der Waals surface area contributed by atoms with Gasteiger partial charge in [-0.15, -0.1) is 0 Å². The molecule has 1 aliphatic carbocycles. The van der Waals surface area contributed by atoms with Gasteiger partial charge in [-0.25, -0.2) is 0 Å².